The van der Waals surface area contributed by atoms with Gasteiger partial charge in [-0.3, -0.25) is 0 Å². The highest BCUT2D eigenvalue weighted by atomic mass is 19.1. The number of hydrogen-bond acceptors (Lipinski definition) is 1. The van der Waals surface area contributed by atoms with Crippen LogP contribution in [0.2, 0.25) is 0 Å². The molecule has 1 fully saturated rings. The van der Waals surface area contributed by atoms with E-state index in [1.807, 2.05) is 6.07 Å². The second-order valence-electron chi connectivity index (χ2n) is 5.98. The van der Waals surface area contributed by atoms with Gasteiger partial charge in [0.2, 0.25) is 0 Å². The van der Waals surface area contributed by atoms with E-state index in [0.29, 0.717) is 12.0 Å². The van der Waals surface area contributed by atoms with Crippen LogP contribution in [0.1, 0.15) is 43.6 Å². The molecule has 1 nitrogen and oxygen atoms in total. The first-order chi connectivity index (χ1) is 9.31. The van der Waals surface area contributed by atoms with Crippen LogP contribution in [0.3, 0.4) is 0 Å². The molecule has 0 spiro atoms. The van der Waals surface area contributed by atoms with Gasteiger partial charge in [0, 0.05) is 6.04 Å². The molecule has 0 amide bonds. The van der Waals surface area contributed by atoms with Gasteiger partial charge in [0.05, 0.1) is 0 Å². The lowest BCUT2D eigenvalue weighted by molar-refractivity contribution is 0.271. The van der Waals surface area contributed by atoms with Gasteiger partial charge in [-0.25, -0.2) is 4.39 Å². The Balaban J connectivity index is 1.41. The summed E-state index contributed by atoms with van der Waals surface area (Å²) in [5, 5.41) is 3.68. The molecule has 0 radical (unpaired) electrons. The van der Waals surface area contributed by atoms with E-state index in [-0.39, 0.29) is 5.82 Å². The summed E-state index contributed by atoms with van der Waals surface area (Å²) < 4.78 is 13.2. The molecule has 0 bridgehead atoms. The largest absolute Gasteiger partial charge is 0.314 e. The maximum absolute atomic E-state index is 13.2. The molecule has 0 heterocycles. The highest BCUT2D eigenvalue weighted by Crippen LogP contribution is 2.37. The average molecular weight is 259 g/mol. The molecule has 0 aliphatic heterocycles. The summed E-state index contributed by atoms with van der Waals surface area (Å²) in [5.41, 5.74) is 1.17. The van der Waals surface area contributed by atoms with Gasteiger partial charge in [-0.2, -0.15) is 0 Å². The van der Waals surface area contributed by atoms with Gasteiger partial charge in [-0.15, -0.1) is 0 Å². The standard InChI is InChI=1S/C17H22FN/c18-16-8-4-7-14(9-16)15-10-17(11-15)19-12-13-5-2-1-3-6-13/h1-2,4,7-9,13,15,17,19H,3,5-6,10-12H2. The van der Waals surface area contributed by atoms with Gasteiger partial charge >= 0.3 is 0 Å². The molecule has 19 heavy (non-hydrogen) atoms. The summed E-state index contributed by atoms with van der Waals surface area (Å²) in [6, 6.07) is 7.72. The van der Waals surface area contributed by atoms with Crippen LogP contribution < -0.4 is 5.32 Å². The number of benzene rings is 1. The van der Waals surface area contributed by atoms with Crippen molar-refractivity contribution in [2.24, 2.45) is 5.92 Å². The van der Waals surface area contributed by atoms with Gasteiger partial charge in [0.15, 0.2) is 0 Å². The number of hydrogen-bond donors (Lipinski definition) is 1. The summed E-state index contributed by atoms with van der Waals surface area (Å²) in [4.78, 5) is 0. The zero-order valence-corrected chi connectivity index (χ0v) is 11.3. The molecule has 1 N–H and O–H groups in total. The van der Waals surface area contributed by atoms with E-state index >= 15 is 0 Å². The van der Waals surface area contributed by atoms with Gasteiger partial charge < -0.3 is 5.32 Å². The van der Waals surface area contributed by atoms with Crippen LogP contribution >= 0.6 is 0 Å². The van der Waals surface area contributed by atoms with Crippen molar-refractivity contribution in [3.63, 3.8) is 0 Å². The Morgan fingerprint density at radius 3 is 2.84 bits per heavy atom. The van der Waals surface area contributed by atoms with Gasteiger partial charge in [-0.05, 0) is 68.2 Å². The summed E-state index contributed by atoms with van der Waals surface area (Å²) in [7, 11) is 0. The molecule has 1 atom stereocenters. The zero-order valence-electron chi connectivity index (χ0n) is 11.3. The zero-order chi connectivity index (χ0) is 13.1. The Labute approximate surface area is 114 Å². The van der Waals surface area contributed by atoms with Crippen LogP contribution in [-0.4, -0.2) is 12.6 Å². The Morgan fingerprint density at radius 1 is 1.21 bits per heavy atom. The van der Waals surface area contributed by atoms with Crippen LogP contribution in [0.25, 0.3) is 0 Å². The van der Waals surface area contributed by atoms with Gasteiger partial charge in [0.25, 0.3) is 0 Å². The molecule has 3 rings (SSSR count). The number of halogens is 1. The van der Waals surface area contributed by atoms with Crippen LogP contribution in [-0.2, 0) is 0 Å². The predicted octanol–water partition coefficient (Wildman–Crippen LogP) is 4.02. The third-order valence-electron chi connectivity index (χ3n) is 4.53. The van der Waals surface area contributed by atoms with Crippen molar-refractivity contribution in [3.05, 3.63) is 47.8 Å². The van der Waals surface area contributed by atoms with Crippen molar-refractivity contribution < 1.29 is 4.39 Å². The molecule has 102 valence electrons. The van der Waals surface area contributed by atoms with E-state index in [2.05, 4.69) is 23.5 Å². The highest BCUT2D eigenvalue weighted by Gasteiger charge is 2.30. The smallest absolute Gasteiger partial charge is 0.123 e. The lowest BCUT2D eigenvalue weighted by atomic mass is 9.75. The molecule has 1 aromatic carbocycles. The first-order valence-corrected chi connectivity index (χ1v) is 7.45. The van der Waals surface area contributed by atoms with Crippen molar-refractivity contribution in [2.75, 3.05) is 6.54 Å². The van der Waals surface area contributed by atoms with Crippen molar-refractivity contribution in [2.45, 2.75) is 44.1 Å². The van der Waals surface area contributed by atoms with Crippen LogP contribution in [0.5, 0.6) is 0 Å². The maximum atomic E-state index is 13.2. The van der Waals surface area contributed by atoms with E-state index in [0.717, 1.165) is 25.3 Å². The summed E-state index contributed by atoms with van der Waals surface area (Å²) in [5.74, 6) is 1.26. The lowest BCUT2D eigenvalue weighted by Gasteiger charge is -2.37. The SMILES string of the molecule is Fc1cccc(C2CC(NCC3CC=CCC3)C2)c1. The van der Waals surface area contributed by atoms with Crippen molar-refractivity contribution in [1.29, 1.82) is 0 Å². The van der Waals surface area contributed by atoms with Crippen LogP contribution in [0.15, 0.2) is 36.4 Å². The fourth-order valence-electron chi connectivity index (χ4n) is 3.19. The molecule has 1 aromatic rings. The van der Waals surface area contributed by atoms with Gasteiger partial charge in [0.1, 0.15) is 5.82 Å². The minimum absolute atomic E-state index is 0.108. The van der Waals surface area contributed by atoms with Crippen molar-refractivity contribution in [1.82, 2.24) is 5.32 Å². The number of nitrogens with one attached hydrogen (secondary N) is 1. The van der Waals surface area contributed by atoms with Crippen molar-refractivity contribution in [3.8, 4) is 0 Å². The summed E-state index contributed by atoms with van der Waals surface area (Å²) >= 11 is 0. The Bertz CT molecular complexity index is 448. The Hall–Kier alpha value is -1.15. The summed E-state index contributed by atoms with van der Waals surface area (Å²) in [6.07, 6.45) is 10.7. The Kier molecular flexibility index (Phi) is 3.97. The van der Waals surface area contributed by atoms with Crippen molar-refractivity contribution >= 4 is 0 Å². The van der Waals surface area contributed by atoms with Crippen LogP contribution in [0.4, 0.5) is 4.39 Å². The lowest BCUT2D eigenvalue weighted by Crippen LogP contribution is -2.42. The van der Waals surface area contributed by atoms with E-state index in [1.54, 1.807) is 6.07 Å². The molecular formula is C17H22FN. The minimum Gasteiger partial charge on any atom is -0.314 e. The summed E-state index contributed by atoms with van der Waals surface area (Å²) in [6.45, 7) is 1.14. The maximum Gasteiger partial charge on any atom is 0.123 e. The first kappa shape index (κ1) is 12.9. The fourth-order valence-corrected chi connectivity index (χ4v) is 3.19. The quantitative estimate of drug-likeness (QED) is 0.805. The number of rotatable bonds is 4. The van der Waals surface area contributed by atoms with E-state index < -0.39 is 0 Å². The molecule has 0 saturated heterocycles. The van der Waals surface area contributed by atoms with Gasteiger partial charge in [-0.1, -0.05) is 24.3 Å². The minimum atomic E-state index is -0.108. The highest BCUT2D eigenvalue weighted by molar-refractivity contribution is 5.23. The van der Waals surface area contributed by atoms with E-state index in [1.165, 1.54) is 30.9 Å². The molecule has 2 aliphatic rings. The normalized spacial score (nSPS) is 30.1. The average Bonchev–Trinajstić information content (AvgIpc) is 2.38. The molecule has 1 unspecified atom stereocenters. The topological polar surface area (TPSA) is 12.0 Å². The van der Waals surface area contributed by atoms with E-state index in [9.17, 15) is 4.39 Å². The monoisotopic (exact) mass is 259 g/mol. The predicted molar refractivity (Wildman–Crippen MR) is 76.6 cm³/mol. The Morgan fingerprint density at radius 2 is 2.11 bits per heavy atom. The van der Waals surface area contributed by atoms with Crippen LogP contribution in [0, 0.1) is 11.7 Å². The third kappa shape index (κ3) is 3.24. The molecule has 0 aromatic heterocycles. The fraction of sp³-hybridized carbons (Fsp3) is 0.529. The molecule has 2 aliphatic carbocycles. The van der Waals surface area contributed by atoms with E-state index in [4.69, 9.17) is 0 Å². The molecular weight excluding hydrogens is 237 g/mol. The third-order valence-corrected chi connectivity index (χ3v) is 4.53. The molecule has 1 saturated carbocycles. The second-order valence-corrected chi connectivity index (χ2v) is 5.98. The number of allylic oxidation sites excluding steroid dienone is 2. The second kappa shape index (κ2) is 5.87. The first-order valence-electron chi connectivity index (χ1n) is 7.45. The molecule has 2 heteroatoms.